The van der Waals surface area contributed by atoms with Crippen LogP contribution in [-0.2, 0) is 4.79 Å². The Bertz CT molecular complexity index is 1290. The van der Waals surface area contributed by atoms with Crippen molar-refractivity contribution in [2.24, 2.45) is 5.92 Å². The first-order valence-corrected chi connectivity index (χ1v) is 13.4. The van der Waals surface area contributed by atoms with Gasteiger partial charge in [0, 0.05) is 47.6 Å². The van der Waals surface area contributed by atoms with E-state index in [0.29, 0.717) is 30.0 Å². The first kappa shape index (κ1) is 25.1. The summed E-state index contributed by atoms with van der Waals surface area (Å²) in [5, 5.41) is 6.29. The number of H-pyrrole nitrogens is 1. The van der Waals surface area contributed by atoms with Gasteiger partial charge in [-0.15, -0.1) is 0 Å². The van der Waals surface area contributed by atoms with Gasteiger partial charge in [0.1, 0.15) is 17.0 Å². The van der Waals surface area contributed by atoms with Crippen LogP contribution in [0.4, 0.5) is 0 Å². The van der Waals surface area contributed by atoms with Gasteiger partial charge in [0.05, 0.1) is 24.8 Å². The summed E-state index contributed by atoms with van der Waals surface area (Å²) in [7, 11) is 1.65. The molecule has 1 aromatic carbocycles. The largest absolute Gasteiger partial charge is 0.497 e. The summed E-state index contributed by atoms with van der Waals surface area (Å²) in [6.45, 7) is 4.47. The molecular formula is C29H36N4O4. The zero-order chi connectivity index (χ0) is 25.9. The predicted octanol–water partition coefficient (Wildman–Crippen LogP) is 4.90. The van der Waals surface area contributed by atoms with E-state index in [2.05, 4.69) is 20.6 Å². The number of fused-ring (bicyclic) bond motifs is 1. The molecule has 0 atom stereocenters. The van der Waals surface area contributed by atoms with Crippen molar-refractivity contribution in [2.45, 2.75) is 70.9 Å². The lowest BCUT2D eigenvalue weighted by molar-refractivity contribution is -0.121. The Morgan fingerprint density at radius 1 is 1.03 bits per heavy atom. The van der Waals surface area contributed by atoms with E-state index < -0.39 is 0 Å². The van der Waals surface area contributed by atoms with Crippen molar-refractivity contribution in [3.63, 3.8) is 0 Å². The van der Waals surface area contributed by atoms with Gasteiger partial charge in [-0.25, -0.2) is 0 Å². The molecule has 2 fully saturated rings. The number of aryl methyl sites for hydroxylation is 1. The summed E-state index contributed by atoms with van der Waals surface area (Å²) in [6, 6.07) is 8.08. The zero-order valence-electron chi connectivity index (χ0n) is 21.9. The topological polar surface area (TPSA) is 105 Å². The smallest absolute Gasteiger partial charge is 0.255 e. The van der Waals surface area contributed by atoms with Crippen molar-refractivity contribution < 1.29 is 19.1 Å². The van der Waals surface area contributed by atoms with Crippen molar-refractivity contribution in [1.82, 2.24) is 20.6 Å². The van der Waals surface area contributed by atoms with Crippen LogP contribution in [0.2, 0.25) is 0 Å². The minimum atomic E-state index is -0.116. The highest BCUT2D eigenvalue weighted by Gasteiger charge is 2.27. The van der Waals surface area contributed by atoms with Gasteiger partial charge in [-0.05, 0) is 69.6 Å². The Morgan fingerprint density at radius 3 is 2.43 bits per heavy atom. The average molecular weight is 505 g/mol. The van der Waals surface area contributed by atoms with Crippen LogP contribution >= 0.6 is 0 Å². The summed E-state index contributed by atoms with van der Waals surface area (Å²) >= 11 is 0. The summed E-state index contributed by atoms with van der Waals surface area (Å²) in [5.74, 6) is 2.10. The number of amides is 2. The number of ether oxygens (including phenoxy) is 2. The van der Waals surface area contributed by atoms with E-state index >= 15 is 0 Å². The summed E-state index contributed by atoms with van der Waals surface area (Å²) in [6.07, 6.45) is 8.08. The van der Waals surface area contributed by atoms with Gasteiger partial charge in [-0.1, -0.05) is 6.92 Å². The first-order chi connectivity index (χ1) is 18.0. The molecule has 0 bridgehead atoms. The highest BCUT2D eigenvalue weighted by Crippen LogP contribution is 2.39. The van der Waals surface area contributed by atoms with E-state index in [0.717, 1.165) is 59.5 Å². The van der Waals surface area contributed by atoms with Gasteiger partial charge in [-0.2, -0.15) is 0 Å². The van der Waals surface area contributed by atoms with Crippen LogP contribution in [0.1, 0.15) is 67.9 Å². The molecule has 2 aromatic heterocycles. The molecule has 0 saturated heterocycles. The van der Waals surface area contributed by atoms with E-state index in [-0.39, 0.29) is 23.9 Å². The number of hydrogen-bond donors (Lipinski definition) is 3. The SMILES string of the molecule is CCC(=O)N[C@H]1CC[C@H](NC(=O)c2c(C)[nH]c3c(-c4ccc(OC)cc4OCC4CC4)ccnc23)CC1. The Hall–Kier alpha value is -3.55. The normalized spacial score (nSPS) is 19.4. The minimum absolute atomic E-state index is 0.0822. The fourth-order valence-electron chi connectivity index (χ4n) is 5.14. The number of aromatic nitrogens is 2. The van der Waals surface area contributed by atoms with Gasteiger partial charge in [0.2, 0.25) is 5.91 Å². The molecule has 0 radical (unpaired) electrons. The van der Waals surface area contributed by atoms with Gasteiger partial charge in [0.25, 0.3) is 5.91 Å². The van der Waals surface area contributed by atoms with Gasteiger partial charge < -0.3 is 25.1 Å². The fourth-order valence-corrected chi connectivity index (χ4v) is 5.14. The van der Waals surface area contributed by atoms with Crippen molar-refractivity contribution in [1.29, 1.82) is 0 Å². The predicted molar refractivity (Wildman–Crippen MR) is 143 cm³/mol. The van der Waals surface area contributed by atoms with E-state index in [9.17, 15) is 9.59 Å². The van der Waals surface area contributed by atoms with E-state index in [1.807, 2.05) is 38.1 Å². The third-order valence-corrected chi connectivity index (χ3v) is 7.50. The molecule has 2 aliphatic carbocycles. The summed E-state index contributed by atoms with van der Waals surface area (Å²) < 4.78 is 11.7. The van der Waals surface area contributed by atoms with E-state index in [1.165, 1.54) is 12.8 Å². The van der Waals surface area contributed by atoms with Crippen molar-refractivity contribution >= 4 is 22.8 Å². The van der Waals surface area contributed by atoms with Crippen LogP contribution in [0.25, 0.3) is 22.2 Å². The lowest BCUT2D eigenvalue weighted by Crippen LogP contribution is -2.43. The van der Waals surface area contributed by atoms with Gasteiger partial charge in [-0.3, -0.25) is 14.6 Å². The Balaban J connectivity index is 1.37. The average Bonchev–Trinajstić information content (AvgIpc) is 3.67. The van der Waals surface area contributed by atoms with Gasteiger partial charge in [0.15, 0.2) is 0 Å². The fraction of sp³-hybridized carbons (Fsp3) is 0.483. The molecule has 3 N–H and O–H groups in total. The number of carbonyl (C=O) groups is 2. The Morgan fingerprint density at radius 2 is 1.76 bits per heavy atom. The van der Waals surface area contributed by atoms with Crippen LogP contribution < -0.4 is 20.1 Å². The minimum Gasteiger partial charge on any atom is -0.497 e. The molecular weight excluding hydrogens is 468 g/mol. The molecule has 2 saturated carbocycles. The number of benzene rings is 1. The molecule has 0 spiro atoms. The number of rotatable bonds is 9. The molecule has 2 aliphatic rings. The molecule has 5 rings (SSSR count). The van der Waals surface area contributed by atoms with Crippen LogP contribution in [0.15, 0.2) is 30.5 Å². The molecule has 2 amide bonds. The maximum atomic E-state index is 13.4. The number of aromatic amines is 1. The summed E-state index contributed by atoms with van der Waals surface area (Å²) in [4.78, 5) is 33.1. The maximum absolute atomic E-state index is 13.4. The quantitative estimate of drug-likeness (QED) is 0.384. The number of nitrogens with one attached hydrogen (secondary N) is 3. The second kappa shape index (κ2) is 10.8. The summed E-state index contributed by atoms with van der Waals surface area (Å²) in [5.41, 5.74) is 4.71. The Labute approximate surface area is 217 Å². The third-order valence-electron chi connectivity index (χ3n) is 7.50. The third kappa shape index (κ3) is 5.58. The van der Waals surface area contributed by atoms with Crippen molar-refractivity contribution in [3.8, 4) is 22.6 Å². The molecule has 196 valence electrons. The van der Waals surface area contributed by atoms with Crippen molar-refractivity contribution in [3.05, 3.63) is 41.7 Å². The van der Waals surface area contributed by atoms with Crippen LogP contribution in [0.5, 0.6) is 11.5 Å². The lowest BCUT2D eigenvalue weighted by atomic mass is 9.91. The first-order valence-electron chi connectivity index (χ1n) is 13.4. The molecule has 8 nitrogen and oxygen atoms in total. The number of carbonyl (C=O) groups excluding carboxylic acids is 2. The second-order valence-corrected chi connectivity index (χ2v) is 10.3. The highest BCUT2D eigenvalue weighted by molar-refractivity contribution is 6.09. The van der Waals surface area contributed by atoms with E-state index in [1.54, 1.807) is 13.3 Å². The van der Waals surface area contributed by atoms with Gasteiger partial charge >= 0.3 is 0 Å². The molecule has 3 aromatic rings. The monoisotopic (exact) mass is 504 g/mol. The number of pyridine rings is 1. The maximum Gasteiger partial charge on any atom is 0.255 e. The lowest BCUT2D eigenvalue weighted by Gasteiger charge is -2.29. The zero-order valence-corrected chi connectivity index (χ0v) is 21.9. The number of hydrogen-bond acceptors (Lipinski definition) is 5. The Kier molecular flexibility index (Phi) is 7.35. The molecule has 2 heterocycles. The molecule has 0 unspecified atom stereocenters. The van der Waals surface area contributed by atoms with Crippen LogP contribution in [-0.4, -0.2) is 47.6 Å². The van der Waals surface area contributed by atoms with Crippen LogP contribution in [0.3, 0.4) is 0 Å². The standard InChI is InChI=1S/C29H36N4O4/c1-4-25(34)32-19-7-9-20(10-8-19)33-29(35)26-17(2)31-27-23(13-14-30-28(26)27)22-12-11-21(36-3)15-24(22)37-16-18-5-6-18/h11-15,18-20,31H,4-10,16H2,1-3H3,(H,32,34)(H,33,35)/t19-,20-. The molecule has 0 aliphatic heterocycles. The molecule has 37 heavy (non-hydrogen) atoms. The van der Waals surface area contributed by atoms with Crippen molar-refractivity contribution in [2.75, 3.05) is 13.7 Å². The van der Waals surface area contributed by atoms with Crippen LogP contribution in [0, 0.1) is 12.8 Å². The molecule has 8 heteroatoms. The number of nitrogens with zero attached hydrogens (tertiary/aromatic N) is 1. The van der Waals surface area contributed by atoms with E-state index in [4.69, 9.17) is 9.47 Å². The number of methoxy groups -OCH3 is 1. The second-order valence-electron chi connectivity index (χ2n) is 10.3. The highest BCUT2D eigenvalue weighted by atomic mass is 16.5.